The van der Waals surface area contributed by atoms with Gasteiger partial charge in [-0.1, -0.05) is 74.8 Å². The first-order chi connectivity index (χ1) is 53.8. The maximum absolute atomic E-state index is 15.5. The number of guanidine groups is 1. The molecule has 2 aromatic heterocycles. The minimum atomic E-state index is -1.84. The molecule has 3 aliphatic heterocycles. The highest BCUT2D eigenvalue weighted by molar-refractivity contribution is 8.76. The average Bonchev–Trinajstić information content (AvgIpc) is 1.77. The van der Waals surface area contributed by atoms with Gasteiger partial charge >= 0.3 is 18.0 Å². The second kappa shape index (κ2) is 44.1. The topological polar surface area (TPSA) is 598 Å². The number of aliphatic carboxylic acids is 2. The summed E-state index contributed by atoms with van der Waals surface area (Å²) in [4.78, 5) is 237. The Kier molecular flexibility index (Phi) is 35.0. The minimum Gasteiger partial charge on any atom is -0.481 e. The second-order valence-corrected chi connectivity index (χ2v) is 31.7. The first kappa shape index (κ1) is 89.7. The van der Waals surface area contributed by atoms with Crippen molar-refractivity contribution < 1.29 is 92.0 Å². The maximum atomic E-state index is 15.5. The van der Waals surface area contributed by atoms with Crippen LogP contribution in [0.2, 0.25) is 0 Å². The van der Waals surface area contributed by atoms with Crippen LogP contribution in [0.25, 0.3) is 10.9 Å². The van der Waals surface area contributed by atoms with Crippen LogP contribution in [-0.4, -0.2) is 220 Å². The van der Waals surface area contributed by atoms with E-state index in [1.165, 1.54) is 10.9 Å². The monoisotopic (exact) mass is 1610 g/mol. The van der Waals surface area contributed by atoms with Gasteiger partial charge in [0.05, 0.1) is 67.3 Å². The predicted molar refractivity (Wildman–Crippen MR) is 414 cm³/mol. The molecule has 9 amide bonds. The van der Waals surface area contributed by atoms with Crippen LogP contribution in [0.4, 0.5) is 4.79 Å². The van der Waals surface area contributed by atoms with Crippen LogP contribution in [0, 0.1) is 42.4 Å². The zero-order chi connectivity index (χ0) is 82.6. The van der Waals surface area contributed by atoms with Gasteiger partial charge in [0, 0.05) is 129 Å². The van der Waals surface area contributed by atoms with E-state index >= 15 is 24.0 Å². The zero-order valence-electron chi connectivity index (χ0n) is 63.2. The number of benzene rings is 2. The largest absolute Gasteiger partial charge is 0.481 e. The average molecular weight is 1610 g/mol. The van der Waals surface area contributed by atoms with Crippen LogP contribution in [0.15, 0.2) is 65.9 Å². The lowest BCUT2D eigenvalue weighted by Gasteiger charge is -2.30. The number of carboxylic acids is 2. The number of carbonyl (C=O) groups is 16. The van der Waals surface area contributed by atoms with Crippen molar-refractivity contribution in [1.82, 2.24) is 56.8 Å². The number of aryl methyl sites for hydroxylation is 2. The maximum Gasteiger partial charge on any atom is 0.312 e. The molecular formula is C75H103N17O19S2. The number of nitrogens with one attached hydrogen (secondary N) is 7. The summed E-state index contributed by atoms with van der Waals surface area (Å²) in [5.41, 5.74) is 31.0. The number of rotatable bonds is 24. The summed E-state index contributed by atoms with van der Waals surface area (Å²) in [7, 11) is 1.87. The van der Waals surface area contributed by atoms with Crippen LogP contribution < -0.4 is 60.6 Å². The highest BCUT2D eigenvalue weighted by Crippen LogP contribution is 2.31. The lowest BCUT2D eigenvalue weighted by molar-refractivity contribution is -0.148. The Labute approximate surface area is 659 Å². The number of para-hydroxylation sites is 1. The van der Waals surface area contributed by atoms with Crippen molar-refractivity contribution >= 4 is 132 Å². The highest BCUT2D eigenvalue weighted by atomic mass is 33.1. The third-order valence-electron chi connectivity index (χ3n) is 20.3. The Hall–Kier alpha value is -10.5. The van der Waals surface area contributed by atoms with Crippen LogP contribution in [0.1, 0.15) is 138 Å². The molecule has 0 aliphatic carbocycles. The summed E-state index contributed by atoms with van der Waals surface area (Å²) in [5.74, 6) is -23.7. The number of hydrogen-bond donors (Lipinski definition) is 15. The molecule has 614 valence electrons. The van der Waals surface area contributed by atoms with Gasteiger partial charge in [-0.2, -0.15) is 0 Å². The van der Waals surface area contributed by atoms with Crippen LogP contribution in [0.3, 0.4) is 0 Å². The highest BCUT2D eigenvalue weighted by Gasteiger charge is 2.43. The van der Waals surface area contributed by atoms with Gasteiger partial charge in [-0.25, -0.2) is 9.48 Å². The number of Topliss-reactive ketones (excluding diaryl/α,β-unsaturated/α-hetero) is 6. The van der Waals surface area contributed by atoms with Gasteiger partial charge in [-0.3, -0.25) is 76.9 Å². The number of carboxylic acid groups (broad SMARTS) is 2. The molecule has 0 unspecified atom stereocenters. The lowest BCUT2D eigenvalue weighted by Crippen LogP contribution is -2.52. The van der Waals surface area contributed by atoms with Crippen molar-refractivity contribution in [3.63, 3.8) is 0 Å². The summed E-state index contributed by atoms with van der Waals surface area (Å²) in [5, 5.41) is 57.0. The fourth-order valence-electron chi connectivity index (χ4n) is 14.1. The minimum absolute atomic E-state index is 0.00814. The summed E-state index contributed by atoms with van der Waals surface area (Å²) in [6.45, 7) is 1.59. The number of aliphatic imine (C=N–C) groups is 1. The SMILES string of the molecule is Cc1ccc(C[C@H](CC(=O)[C@@H]2Cn3cc(nn3)CCC[C@@H]3CC(=O)[C@@H](NC(=O)CN)CSSC[C@H](NC(=O)[C@H](CCCN=C(N)N)CC(=O)[C@@H]4CCCN4C(=O)[C@H](CC(=O)O)CC(=O)[C@H]([C@@H](C)O)NC3=O)C(=O)C[C@@H](CCCNC(N)=O)C(=O)N[C@@H](Cc3c[nH]c4ccccc34)C(=O)C[C@@H](CCC(N)=O)C(=O)N2)C(=O)O)cc1. The smallest absolute Gasteiger partial charge is 0.312 e. The van der Waals surface area contributed by atoms with Gasteiger partial charge in [-0.05, 0) is 102 Å². The summed E-state index contributed by atoms with van der Waals surface area (Å²) in [6.07, 6.45) is -5.45. The standard InChI is InChI=1S/C75H103N17O19S2/c1-40-16-18-42(19-17-40)25-48(73(109)110)32-59(95)54-37-91-36-50(89-90-91)12-5-9-43-27-60(96)55(84-65(101)34-76)38-112-113-39-56(87-69(105)45(10-6-22-81-74(78)79)30-62(98)57-15-8-24-92(57)72(108)47(33-66(102)103)31-63(99)67(41(2)93)88-71(43)107)61(97)28-44(11-7-23-82-75(80)111)68(104)85-53(26-49-35-83-52-14-4-3-13-51(49)52)58(94)29-46(70(106)86-54)20-21-64(77)100/h3-4,13-14,16-19,35-36,41,43-48,53-57,67,83,93H,5-12,15,20-34,37-39,76H2,1-2H3,(H2,77,100)(H,84,101)(H,85,104)(H,86,106)(H,87,105)(H,88,107)(H,102,103)(H,109,110)(H4,78,79,81)(H3,80,82,111)/t41-,43-,44-,45-,46-,47+,48-,53+,54+,55+,56+,57+,67+/m1/s1. The molecule has 4 aromatic rings. The number of aliphatic hydroxyl groups is 1. The number of aromatic amines is 1. The fraction of sp³-hybridized carbons (Fsp3) is 0.560. The number of carbonyl (C=O) groups excluding carboxylic acids is 14. The number of amides is 9. The van der Waals surface area contributed by atoms with Gasteiger partial charge in [0.2, 0.25) is 41.4 Å². The van der Waals surface area contributed by atoms with E-state index in [4.69, 9.17) is 28.7 Å². The fourth-order valence-corrected chi connectivity index (χ4v) is 16.5. The van der Waals surface area contributed by atoms with Crippen molar-refractivity contribution in [3.05, 3.63) is 83.3 Å². The Morgan fingerprint density at radius 1 is 0.726 bits per heavy atom. The molecule has 7 rings (SSSR count). The Morgan fingerprint density at radius 3 is 2.07 bits per heavy atom. The van der Waals surface area contributed by atoms with E-state index in [9.17, 15) is 68.1 Å². The number of nitrogens with zero attached hydrogens (tertiary/aromatic N) is 5. The first-order valence-electron chi connectivity index (χ1n) is 37.7. The Balaban J connectivity index is 1.40. The molecule has 2 fully saturated rings. The van der Waals surface area contributed by atoms with Gasteiger partial charge in [0.15, 0.2) is 40.7 Å². The molecule has 0 radical (unpaired) electrons. The molecule has 38 heteroatoms. The predicted octanol–water partition coefficient (Wildman–Crippen LogP) is -0.182. The molecule has 13 atom stereocenters. The molecule has 20 N–H and O–H groups in total. The summed E-state index contributed by atoms with van der Waals surface area (Å²) >= 11 is 0. The van der Waals surface area contributed by atoms with Gasteiger partial charge < -0.3 is 85.8 Å². The molecule has 5 heterocycles. The molecule has 4 bridgehead atoms. The number of nitrogens with two attached hydrogens (primary N) is 5. The number of H-pyrrole nitrogens is 1. The molecule has 3 aliphatic rings. The first-order valence-corrected chi connectivity index (χ1v) is 40.2. The van der Waals surface area contributed by atoms with Crippen molar-refractivity contribution in [2.24, 2.45) is 69.2 Å². The van der Waals surface area contributed by atoms with Crippen molar-refractivity contribution in [3.8, 4) is 0 Å². The van der Waals surface area contributed by atoms with E-state index in [0.29, 0.717) is 22.0 Å². The van der Waals surface area contributed by atoms with Crippen LogP contribution in [0.5, 0.6) is 0 Å². The van der Waals surface area contributed by atoms with Crippen LogP contribution >= 0.6 is 21.6 Å². The Bertz CT molecular complexity index is 4130. The van der Waals surface area contributed by atoms with Gasteiger partial charge in [0.25, 0.3) is 0 Å². The number of urea groups is 1. The van der Waals surface area contributed by atoms with Crippen molar-refractivity contribution in [1.29, 1.82) is 0 Å². The molecule has 0 saturated carbocycles. The number of hydrogen-bond acceptors (Lipinski definition) is 23. The second-order valence-electron chi connectivity index (χ2n) is 29.1. The molecule has 36 nitrogen and oxygen atoms in total. The van der Waals surface area contributed by atoms with Crippen LogP contribution in [-0.2, 0) is 97.7 Å². The van der Waals surface area contributed by atoms with E-state index in [1.54, 1.807) is 54.7 Å². The molecule has 2 aromatic carbocycles. The van der Waals surface area contributed by atoms with Crippen molar-refractivity contribution in [2.75, 3.05) is 37.7 Å². The molecule has 113 heavy (non-hydrogen) atoms. The molecular weight excluding hydrogens is 1510 g/mol. The van der Waals surface area contributed by atoms with E-state index in [1.807, 2.05) is 6.92 Å². The zero-order valence-corrected chi connectivity index (χ0v) is 64.8. The number of aromatic nitrogens is 4. The molecule has 2 saturated heterocycles. The third-order valence-corrected chi connectivity index (χ3v) is 22.7. The third kappa shape index (κ3) is 28.3. The van der Waals surface area contributed by atoms with Gasteiger partial charge in [-0.15, -0.1) is 5.10 Å². The lowest BCUT2D eigenvalue weighted by atomic mass is 9.88. The number of fused-ring (bicyclic) bond motifs is 12. The van der Waals surface area contributed by atoms with E-state index in [2.05, 4.69) is 52.2 Å². The number of primary amides is 2. The Morgan fingerprint density at radius 2 is 1.39 bits per heavy atom. The molecule has 0 spiro atoms. The number of ketones is 6. The van der Waals surface area contributed by atoms with Crippen molar-refractivity contribution in [2.45, 2.75) is 191 Å². The summed E-state index contributed by atoms with van der Waals surface area (Å²) in [6, 6.07) is 3.72. The van der Waals surface area contributed by atoms with E-state index in [-0.39, 0.29) is 113 Å². The number of aliphatic hydroxyl groups excluding tert-OH is 1. The van der Waals surface area contributed by atoms with Gasteiger partial charge in [0.1, 0.15) is 12.1 Å². The quantitative estimate of drug-likeness (QED) is 0.0187. The summed E-state index contributed by atoms with van der Waals surface area (Å²) < 4.78 is 1.18. The normalized spacial score (nSPS) is 24.2. The van der Waals surface area contributed by atoms with E-state index in [0.717, 1.165) is 39.0 Å². The van der Waals surface area contributed by atoms with E-state index < -0.39 is 243 Å².